The topological polar surface area (TPSA) is 65.5 Å². The number of nitrogens with zero attached hydrogens (tertiary/aromatic N) is 3. The lowest BCUT2D eigenvalue weighted by atomic mass is 9.97. The number of imide groups is 1. The first kappa shape index (κ1) is 22.8. The van der Waals surface area contributed by atoms with E-state index in [1.54, 1.807) is 6.20 Å². The first-order chi connectivity index (χ1) is 17.0. The molecular weight excluding hydrogens is 436 g/mol. The highest BCUT2D eigenvalue weighted by atomic mass is 16.2. The molecule has 1 N–H and O–H groups in total. The van der Waals surface area contributed by atoms with Gasteiger partial charge in [0.05, 0.1) is 17.8 Å². The first-order valence-electron chi connectivity index (χ1n) is 12.2. The summed E-state index contributed by atoms with van der Waals surface area (Å²) in [6.45, 7) is 6.27. The van der Waals surface area contributed by atoms with Crippen LogP contribution in [0.1, 0.15) is 41.6 Å². The molecule has 0 saturated carbocycles. The van der Waals surface area contributed by atoms with Crippen LogP contribution >= 0.6 is 0 Å². The fourth-order valence-corrected chi connectivity index (χ4v) is 4.89. The van der Waals surface area contributed by atoms with Crippen molar-refractivity contribution in [1.29, 1.82) is 0 Å². The van der Waals surface area contributed by atoms with Crippen molar-refractivity contribution in [2.24, 2.45) is 0 Å². The molecule has 3 aromatic rings. The number of anilines is 2. The molecule has 1 fully saturated rings. The van der Waals surface area contributed by atoms with Crippen LogP contribution in [-0.2, 0) is 16.1 Å². The molecule has 3 heterocycles. The Hall–Kier alpha value is -3.93. The molecule has 5 rings (SSSR count). The fourth-order valence-electron chi connectivity index (χ4n) is 4.89. The number of carbonyl (C=O) groups excluding carboxylic acids is 2. The zero-order valence-corrected chi connectivity index (χ0v) is 20.3. The average molecular weight is 467 g/mol. The van der Waals surface area contributed by atoms with Crippen molar-refractivity contribution in [2.45, 2.75) is 39.7 Å². The number of nitrogens with one attached hydrogen (secondary N) is 1. The third-order valence-electron chi connectivity index (χ3n) is 6.72. The number of aryl methyl sites for hydroxylation is 2. The molecule has 0 atom stereocenters. The second kappa shape index (κ2) is 9.74. The molecule has 2 aliphatic rings. The van der Waals surface area contributed by atoms with Crippen molar-refractivity contribution in [1.82, 2.24) is 9.88 Å². The summed E-state index contributed by atoms with van der Waals surface area (Å²) in [5, 5.41) is 3.29. The molecule has 2 aliphatic heterocycles. The van der Waals surface area contributed by atoms with Crippen LogP contribution in [0.2, 0.25) is 0 Å². The summed E-state index contributed by atoms with van der Waals surface area (Å²) in [6, 6.07) is 19.6. The molecule has 0 bridgehead atoms. The standard InChI is InChI=1S/C29H30N4O2/c1-20-9-14-25(21(2)18-20)26-27(29(35)33(28(26)34)19-23-8-4-5-15-30-23)31-22-10-12-24(13-11-22)32-16-6-3-7-17-32/h4-5,8-15,18,31H,3,6-7,16-17,19H2,1-2H3. The van der Waals surface area contributed by atoms with E-state index in [0.29, 0.717) is 17.0 Å². The third-order valence-corrected chi connectivity index (χ3v) is 6.72. The van der Waals surface area contributed by atoms with Crippen molar-refractivity contribution in [3.63, 3.8) is 0 Å². The van der Waals surface area contributed by atoms with Crippen LogP contribution in [-0.4, -0.2) is 34.8 Å². The van der Waals surface area contributed by atoms with Gasteiger partial charge in [-0.1, -0.05) is 29.8 Å². The van der Waals surface area contributed by atoms with Crippen LogP contribution in [0.5, 0.6) is 0 Å². The second-order valence-corrected chi connectivity index (χ2v) is 9.31. The number of pyridine rings is 1. The van der Waals surface area contributed by atoms with Gasteiger partial charge >= 0.3 is 0 Å². The van der Waals surface area contributed by atoms with Crippen LogP contribution < -0.4 is 10.2 Å². The maximum absolute atomic E-state index is 13.6. The number of hydrogen-bond acceptors (Lipinski definition) is 5. The largest absolute Gasteiger partial charge is 0.372 e. The summed E-state index contributed by atoms with van der Waals surface area (Å²) in [7, 11) is 0. The van der Waals surface area contributed by atoms with Crippen LogP contribution in [0.4, 0.5) is 11.4 Å². The van der Waals surface area contributed by atoms with Gasteiger partial charge < -0.3 is 10.2 Å². The normalized spacial score (nSPS) is 16.3. The van der Waals surface area contributed by atoms with Crippen molar-refractivity contribution in [3.8, 4) is 0 Å². The summed E-state index contributed by atoms with van der Waals surface area (Å²) >= 11 is 0. The van der Waals surface area contributed by atoms with Crippen molar-refractivity contribution >= 4 is 28.8 Å². The van der Waals surface area contributed by atoms with Crippen LogP contribution in [0.3, 0.4) is 0 Å². The highest BCUT2D eigenvalue weighted by Gasteiger charge is 2.40. The van der Waals surface area contributed by atoms with Gasteiger partial charge in [-0.3, -0.25) is 19.5 Å². The molecule has 1 saturated heterocycles. The minimum Gasteiger partial charge on any atom is -0.372 e. The molecule has 1 aromatic heterocycles. The smallest absolute Gasteiger partial charge is 0.278 e. The van der Waals surface area contributed by atoms with E-state index in [9.17, 15) is 9.59 Å². The minimum absolute atomic E-state index is 0.131. The van der Waals surface area contributed by atoms with Gasteiger partial charge in [0.15, 0.2) is 0 Å². The molecule has 2 amide bonds. The van der Waals surface area contributed by atoms with E-state index in [-0.39, 0.29) is 18.4 Å². The number of piperidine rings is 1. The maximum atomic E-state index is 13.6. The lowest BCUT2D eigenvalue weighted by Gasteiger charge is -2.28. The van der Waals surface area contributed by atoms with Gasteiger partial charge in [-0.05, 0) is 80.6 Å². The number of aromatic nitrogens is 1. The number of amides is 2. The zero-order valence-electron chi connectivity index (χ0n) is 20.3. The molecule has 6 nitrogen and oxygen atoms in total. The Balaban J connectivity index is 1.48. The van der Waals surface area contributed by atoms with Gasteiger partial charge in [-0.15, -0.1) is 0 Å². The van der Waals surface area contributed by atoms with E-state index in [2.05, 4.69) is 27.3 Å². The van der Waals surface area contributed by atoms with Gasteiger partial charge in [-0.25, -0.2) is 0 Å². The van der Waals surface area contributed by atoms with Gasteiger partial charge in [0.25, 0.3) is 11.8 Å². The maximum Gasteiger partial charge on any atom is 0.278 e. The van der Waals surface area contributed by atoms with Crippen LogP contribution in [0.15, 0.2) is 72.6 Å². The zero-order chi connectivity index (χ0) is 24.4. The molecule has 0 radical (unpaired) electrons. The quantitative estimate of drug-likeness (QED) is 0.513. The molecule has 178 valence electrons. The number of hydrogen-bond donors (Lipinski definition) is 1. The summed E-state index contributed by atoms with van der Waals surface area (Å²) in [4.78, 5) is 35.1. The minimum atomic E-state index is -0.337. The molecule has 0 unspecified atom stereocenters. The number of rotatable bonds is 6. The Morgan fingerprint density at radius 2 is 1.66 bits per heavy atom. The van der Waals surface area contributed by atoms with E-state index in [1.807, 2.05) is 62.4 Å². The van der Waals surface area contributed by atoms with Crippen LogP contribution in [0, 0.1) is 13.8 Å². The van der Waals surface area contributed by atoms with E-state index >= 15 is 0 Å². The van der Waals surface area contributed by atoms with E-state index in [1.165, 1.54) is 29.8 Å². The lowest BCUT2D eigenvalue weighted by molar-refractivity contribution is -0.137. The predicted molar refractivity (Wildman–Crippen MR) is 139 cm³/mol. The summed E-state index contributed by atoms with van der Waals surface area (Å²) in [5.74, 6) is -0.643. The third kappa shape index (κ3) is 4.69. The second-order valence-electron chi connectivity index (χ2n) is 9.31. The highest BCUT2D eigenvalue weighted by Crippen LogP contribution is 2.33. The molecule has 2 aromatic carbocycles. The summed E-state index contributed by atoms with van der Waals surface area (Å²) in [5.41, 5.74) is 6.18. The van der Waals surface area contributed by atoms with Gasteiger partial charge in [0.2, 0.25) is 0 Å². The van der Waals surface area contributed by atoms with Crippen molar-refractivity contribution in [2.75, 3.05) is 23.3 Å². The van der Waals surface area contributed by atoms with Crippen LogP contribution in [0.25, 0.3) is 5.57 Å². The molecule has 6 heteroatoms. The SMILES string of the molecule is Cc1ccc(C2=C(Nc3ccc(N4CCCCC4)cc3)C(=O)N(Cc3ccccn3)C2=O)c(C)c1. The fraction of sp³-hybridized carbons (Fsp3) is 0.276. The summed E-state index contributed by atoms with van der Waals surface area (Å²) in [6.07, 6.45) is 5.39. The number of benzene rings is 2. The van der Waals surface area contributed by atoms with Gasteiger partial charge in [0.1, 0.15) is 5.70 Å². The Morgan fingerprint density at radius 3 is 2.34 bits per heavy atom. The Labute approximate surface area is 206 Å². The Morgan fingerprint density at radius 1 is 0.886 bits per heavy atom. The summed E-state index contributed by atoms with van der Waals surface area (Å²) < 4.78 is 0. The van der Waals surface area contributed by atoms with Crippen molar-refractivity contribution < 1.29 is 9.59 Å². The molecule has 0 aliphatic carbocycles. The van der Waals surface area contributed by atoms with Crippen molar-refractivity contribution in [3.05, 3.63) is 94.9 Å². The van der Waals surface area contributed by atoms with Gasteiger partial charge in [0, 0.05) is 30.7 Å². The predicted octanol–water partition coefficient (Wildman–Crippen LogP) is 5.08. The Kier molecular flexibility index (Phi) is 6.36. The molecular formula is C29H30N4O2. The average Bonchev–Trinajstić information content (AvgIpc) is 3.10. The van der Waals surface area contributed by atoms with E-state index < -0.39 is 0 Å². The monoisotopic (exact) mass is 466 g/mol. The molecule has 35 heavy (non-hydrogen) atoms. The van der Waals surface area contributed by atoms with Gasteiger partial charge in [-0.2, -0.15) is 0 Å². The Bertz CT molecular complexity index is 1280. The highest BCUT2D eigenvalue weighted by molar-refractivity contribution is 6.36. The van der Waals surface area contributed by atoms with E-state index in [4.69, 9.17) is 0 Å². The first-order valence-corrected chi connectivity index (χ1v) is 12.2. The molecule has 0 spiro atoms. The lowest BCUT2D eigenvalue weighted by Crippen LogP contribution is -2.32. The van der Waals surface area contributed by atoms with E-state index in [0.717, 1.165) is 35.5 Å². The number of carbonyl (C=O) groups is 2.